The van der Waals surface area contributed by atoms with Crippen LogP contribution in [0.15, 0.2) is 0 Å². The van der Waals surface area contributed by atoms with Gasteiger partial charge < -0.3 is 10.4 Å². The fraction of sp³-hybridized carbons (Fsp3) is 1.00. The predicted octanol–water partition coefficient (Wildman–Crippen LogP) is 1.74. The summed E-state index contributed by atoms with van der Waals surface area (Å²) >= 11 is 1.95. The molecular formula is C10H23NOS. The molecule has 2 N–H and O–H groups in total. The van der Waals surface area contributed by atoms with Crippen LogP contribution in [0.5, 0.6) is 0 Å². The molecule has 0 radical (unpaired) electrons. The maximum Gasteiger partial charge on any atom is 0.0494 e. The van der Waals surface area contributed by atoms with Crippen LogP contribution in [-0.2, 0) is 0 Å². The Morgan fingerprint density at radius 2 is 2.08 bits per heavy atom. The number of aliphatic hydroxyl groups is 1. The van der Waals surface area contributed by atoms with Gasteiger partial charge in [0, 0.05) is 30.4 Å². The van der Waals surface area contributed by atoms with E-state index in [0.717, 1.165) is 12.3 Å². The molecule has 13 heavy (non-hydrogen) atoms. The largest absolute Gasteiger partial charge is 0.396 e. The van der Waals surface area contributed by atoms with Crippen LogP contribution >= 0.6 is 11.8 Å². The standard InChI is InChI=1S/C10H23NOS/c1-5-13-6-9(2)11-7-10(3,4)8-12/h9,11-12H,5-8H2,1-4H3. The van der Waals surface area contributed by atoms with Gasteiger partial charge in [-0.2, -0.15) is 11.8 Å². The monoisotopic (exact) mass is 205 g/mol. The van der Waals surface area contributed by atoms with Crippen molar-refractivity contribution in [3.63, 3.8) is 0 Å². The lowest BCUT2D eigenvalue weighted by molar-refractivity contribution is 0.155. The van der Waals surface area contributed by atoms with E-state index in [-0.39, 0.29) is 12.0 Å². The van der Waals surface area contributed by atoms with E-state index in [4.69, 9.17) is 5.11 Å². The highest BCUT2D eigenvalue weighted by molar-refractivity contribution is 7.99. The summed E-state index contributed by atoms with van der Waals surface area (Å²) in [6.45, 7) is 9.63. The van der Waals surface area contributed by atoms with Crippen LogP contribution in [0.25, 0.3) is 0 Å². The van der Waals surface area contributed by atoms with E-state index in [2.05, 4.69) is 33.0 Å². The van der Waals surface area contributed by atoms with Gasteiger partial charge >= 0.3 is 0 Å². The van der Waals surface area contributed by atoms with Crippen LogP contribution in [0.3, 0.4) is 0 Å². The molecule has 0 aromatic rings. The molecule has 3 heteroatoms. The van der Waals surface area contributed by atoms with Gasteiger partial charge in [0.15, 0.2) is 0 Å². The minimum atomic E-state index is 0.00510. The van der Waals surface area contributed by atoms with Crippen molar-refractivity contribution in [3.8, 4) is 0 Å². The zero-order chi connectivity index (χ0) is 10.3. The first-order valence-electron chi connectivity index (χ1n) is 4.94. The van der Waals surface area contributed by atoms with Crippen LogP contribution < -0.4 is 5.32 Å². The molecule has 2 nitrogen and oxygen atoms in total. The topological polar surface area (TPSA) is 32.3 Å². The van der Waals surface area contributed by atoms with Gasteiger partial charge in [-0.1, -0.05) is 20.8 Å². The molecule has 0 saturated carbocycles. The van der Waals surface area contributed by atoms with Crippen LogP contribution in [0, 0.1) is 5.41 Å². The molecule has 0 saturated heterocycles. The molecule has 0 aliphatic carbocycles. The molecule has 0 amide bonds. The molecule has 0 bridgehead atoms. The minimum Gasteiger partial charge on any atom is -0.396 e. The third-order valence-electron chi connectivity index (χ3n) is 1.93. The summed E-state index contributed by atoms with van der Waals surface area (Å²) in [4.78, 5) is 0. The zero-order valence-corrected chi connectivity index (χ0v) is 10.1. The van der Waals surface area contributed by atoms with Crippen molar-refractivity contribution in [2.75, 3.05) is 24.7 Å². The molecule has 0 aromatic carbocycles. The molecule has 1 unspecified atom stereocenters. The average Bonchev–Trinajstić information content (AvgIpc) is 2.11. The van der Waals surface area contributed by atoms with Crippen molar-refractivity contribution in [1.29, 1.82) is 0 Å². The Morgan fingerprint density at radius 1 is 1.46 bits per heavy atom. The number of hydrogen-bond donors (Lipinski definition) is 2. The first-order valence-corrected chi connectivity index (χ1v) is 6.09. The van der Waals surface area contributed by atoms with E-state index in [0.29, 0.717) is 6.04 Å². The third-order valence-corrected chi connectivity index (χ3v) is 3.07. The summed E-state index contributed by atoms with van der Waals surface area (Å²) in [7, 11) is 0. The Morgan fingerprint density at radius 3 is 2.54 bits per heavy atom. The summed E-state index contributed by atoms with van der Waals surface area (Å²) in [6, 6.07) is 0.538. The van der Waals surface area contributed by atoms with Crippen molar-refractivity contribution >= 4 is 11.8 Å². The highest BCUT2D eigenvalue weighted by Gasteiger charge is 2.16. The van der Waals surface area contributed by atoms with Crippen molar-refractivity contribution in [2.24, 2.45) is 5.41 Å². The van der Waals surface area contributed by atoms with Gasteiger partial charge in [0.05, 0.1) is 0 Å². The molecule has 0 spiro atoms. The molecule has 0 aromatic heterocycles. The van der Waals surface area contributed by atoms with E-state index in [1.54, 1.807) is 0 Å². The summed E-state index contributed by atoms with van der Waals surface area (Å²) < 4.78 is 0. The second kappa shape index (κ2) is 6.68. The van der Waals surface area contributed by atoms with Gasteiger partial charge in [0.1, 0.15) is 0 Å². The molecule has 80 valence electrons. The Hall–Kier alpha value is 0.270. The normalized spacial score (nSPS) is 14.5. The molecule has 0 heterocycles. The van der Waals surface area contributed by atoms with E-state index in [1.807, 2.05) is 11.8 Å². The van der Waals surface area contributed by atoms with E-state index in [1.165, 1.54) is 5.75 Å². The molecule has 0 aliphatic rings. The van der Waals surface area contributed by atoms with E-state index >= 15 is 0 Å². The van der Waals surface area contributed by atoms with Crippen molar-refractivity contribution < 1.29 is 5.11 Å². The molecule has 0 aliphatic heterocycles. The number of rotatable bonds is 7. The lowest BCUT2D eigenvalue weighted by atomic mass is 9.95. The van der Waals surface area contributed by atoms with Crippen LogP contribution in [-0.4, -0.2) is 35.8 Å². The summed E-state index contributed by atoms with van der Waals surface area (Å²) in [5, 5.41) is 12.5. The van der Waals surface area contributed by atoms with Gasteiger partial charge in [0.25, 0.3) is 0 Å². The number of aliphatic hydroxyl groups excluding tert-OH is 1. The lowest BCUT2D eigenvalue weighted by Crippen LogP contribution is -2.38. The quantitative estimate of drug-likeness (QED) is 0.664. The van der Waals surface area contributed by atoms with Crippen LogP contribution in [0.2, 0.25) is 0 Å². The van der Waals surface area contributed by atoms with Gasteiger partial charge in [0.2, 0.25) is 0 Å². The first kappa shape index (κ1) is 13.3. The molecule has 1 atom stereocenters. The fourth-order valence-corrected chi connectivity index (χ4v) is 1.57. The second-order valence-electron chi connectivity index (χ2n) is 4.26. The minimum absolute atomic E-state index is 0.00510. The average molecular weight is 205 g/mol. The van der Waals surface area contributed by atoms with Gasteiger partial charge in [-0.15, -0.1) is 0 Å². The third kappa shape index (κ3) is 7.35. The predicted molar refractivity (Wildman–Crippen MR) is 61.3 cm³/mol. The fourth-order valence-electron chi connectivity index (χ4n) is 0.860. The Balaban J connectivity index is 3.51. The molecular weight excluding hydrogens is 182 g/mol. The van der Waals surface area contributed by atoms with Crippen molar-refractivity contribution in [2.45, 2.75) is 33.7 Å². The number of nitrogens with one attached hydrogen (secondary N) is 1. The maximum atomic E-state index is 9.04. The Labute approximate surface area is 86.5 Å². The summed E-state index contributed by atoms with van der Waals surface area (Å²) in [6.07, 6.45) is 0. The summed E-state index contributed by atoms with van der Waals surface area (Å²) in [5.74, 6) is 2.33. The molecule has 0 rings (SSSR count). The van der Waals surface area contributed by atoms with Gasteiger partial charge in [-0.25, -0.2) is 0 Å². The van der Waals surface area contributed by atoms with Gasteiger partial charge in [-0.3, -0.25) is 0 Å². The van der Waals surface area contributed by atoms with Crippen LogP contribution in [0.4, 0.5) is 0 Å². The van der Waals surface area contributed by atoms with Crippen LogP contribution in [0.1, 0.15) is 27.7 Å². The smallest absolute Gasteiger partial charge is 0.0494 e. The second-order valence-corrected chi connectivity index (χ2v) is 5.58. The van der Waals surface area contributed by atoms with Crippen molar-refractivity contribution in [1.82, 2.24) is 5.32 Å². The van der Waals surface area contributed by atoms with E-state index in [9.17, 15) is 0 Å². The zero-order valence-electron chi connectivity index (χ0n) is 9.26. The maximum absolute atomic E-state index is 9.04. The Kier molecular flexibility index (Phi) is 6.82. The SMILES string of the molecule is CCSCC(C)NCC(C)(C)CO. The highest BCUT2D eigenvalue weighted by atomic mass is 32.2. The highest BCUT2D eigenvalue weighted by Crippen LogP contribution is 2.12. The van der Waals surface area contributed by atoms with Crippen molar-refractivity contribution in [3.05, 3.63) is 0 Å². The lowest BCUT2D eigenvalue weighted by Gasteiger charge is -2.24. The number of hydrogen-bond acceptors (Lipinski definition) is 3. The van der Waals surface area contributed by atoms with E-state index < -0.39 is 0 Å². The number of thioether (sulfide) groups is 1. The van der Waals surface area contributed by atoms with Gasteiger partial charge in [-0.05, 0) is 12.7 Å². The summed E-state index contributed by atoms with van der Waals surface area (Å²) in [5.41, 5.74) is 0.00510. The first-order chi connectivity index (χ1) is 6.02. The molecule has 0 fully saturated rings. The Bertz CT molecular complexity index is 128.